The van der Waals surface area contributed by atoms with Crippen molar-refractivity contribution in [3.8, 4) is 34.6 Å². The fraction of sp³-hybridized carbons (Fsp3) is 0.320. The molecule has 4 rings (SSSR count). The average Bonchev–Trinajstić information content (AvgIpc) is 3.65. The first-order valence-electron chi connectivity index (χ1n) is 11.0. The van der Waals surface area contributed by atoms with Gasteiger partial charge in [-0.15, -0.1) is 0 Å². The smallest absolute Gasteiger partial charge is 0.352 e. The van der Waals surface area contributed by atoms with E-state index in [0.29, 0.717) is 17.2 Å². The molecule has 0 saturated heterocycles. The third-order valence-electron chi connectivity index (χ3n) is 5.27. The molecule has 1 aliphatic rings. The second kappa shape index (κ2) is 9.70. The molecule has 1 aromatic carbocycles. The topological polar surface area (TPSA) is 101 Å². The summed E-state index contributed by atoms with van der Waals surface area (Å²) in [5.41, 5.74) is -0.736. The Hall–Kier alpha value is -4.00. The lowest BCUT2D eigenvalue weighted by Gasteiger charge is -2.15. The monoisotopic (exact) mass is 481 g/mol. The minimum Gasteiger partial charge on any atom is -0.352 e. The molecule has 0 atom stereocenters. The molecule has 1 aliphatic carbocycles. The number of benzene rings is 1. The van der Waals surface area contributed by atoms with Gasteiger partial charge >= 0.3 is 6.18 Å². The van der Waals surface area contributed by atoms with Gasteiger partial charge in [-0.25, -0.2) is 9.97 Å². The van der Waals surface area contributed by atoms with Crippen LogP contribution in [0.1, 0.15) is 43.5 Å². The summed E-state index contributed by atoms with van der Waals surface area (Å²) in [5.74, 6) is 5.61. The van der Waals surface area contributed by atoms with Crippen LogP contribution in [-0.2, 0) is 17.5 Å². The minimum atomic E-state index is -4.69. The maximum Gasteiger partial charge on any atom is 0.417 e. The van der Waals surface area contributed by atoms with E-state index in [1.54, 1.807) is 13.8 Å². The van der Waals surface area contributed by atoms with Crippen LogP contribution in [0.15, 0.2) is 41.5 Å². The summed E-state index contributed by atoms with van der Waals surface area (Å²) in [5, 5.41) is 2.67. The number of H-pyrrole nitrogens is 1. The second-order valence-electron chi connectivity index (χ2n) is 8.56. The van der Waals surface area contributed by atoms with Gasteiger partial charge in [-0.1, -0.05) is 25.8 Å². The van der Waals surface area contributed by atoms with Crippen molar-refractivity contribution < 1.29 is 18.0 Å². The van der Waals surface area contributed by atoms with E-state index in [2.05, 4.69) is 37.1 Å². The van der Waals surface area contributed by atoms with Gasteiger partial charge in [-0.3, -0.25) is 14.6 Å². The Morgan fingerprint density at radius 3 is 2.57 bits per heavy atom. The molecule has 35 heavy (non-hydrogen) atoms. The molecule has 0 radical (unpaired) electrons. The second-order valence-corrected chi connectivity index (χ2v) is 8.56. The summed E-state index contributed by atoms with van der Waals surface area (Å²) >= 11 is 0. The normalized spacial score (nSPS) is 13.3. The Morgan fingerprint density at radius 1 is 1.17 bits per heavy atom. The van der Waals surface area contributed by atoms with Crippen molar-refractivity contribution in [2.75, 3.05) is 0 Å². The van der Waals surface area contributed by atoms with Gasteiger partial charge in [-0.05, 0) is 36.5 Å². The molecule has 2 N–H and O–H groups in total. The molecule has 0 spiro atoms. The molecule has 0 bridgehead atoms. The molecule has 1 fully saturated rings. The van der Waals surface area contributed by atoms with Crippen LogP contribution in [0.5, 0.6) is 0 Å². The number of aromatic amines is 1. The van der Waals surface area contributed by atoms with Crippen LogP contribution in [0.3, 0.4) is 0 Å². The number of aromatic nitrogens is 4. The first-order valence-corrected chi connectivity index (χ1v) is 11.0. The standard InChI is InChI=1S/C25H22F3N5O2/c1-14(2)24(35)31-11-16-6-8-19(25(26,27)28)18(9-16)23-32-20(10-22(34)33-23)21-13-29-17(12-30-21)7-5-15-3-4-15/h6,8-10,12-15H,3-4,11H2,1-2H3,(H,31,35)(H,32,33,34). The zero-order valence-electron chi connectivity index (χ0n) is 19.0. The van der Waals surface area contributed by atoms with E-state index in [1.165, 1.54) is 24.5 Å². The molecule has 0 aliphatic heterocycles. The van der Waals surface area contributed by atoms with Crippen molar-refractivity contribution in [2.24, 2.45) is 11.8 Å². The highest BCUT2D eigenvalue weighted by atomic mass is 19.4. The van der Waals surface area contributed by atoms with E-state index in [0.717, 1.165) is 25.0 Å². The highest BCUT2D eigenvalue weighted by Crippen LogP contribution is 2.36. The summed E-state index contributed by atoms with van der Waals surface area (Å²) in [7, 11) is 0. The SMILES string of the molecule is CC(C)C(=O)NCc1ccc(C(F)(F)F)c(-c2nc(-c3cnc(C#CC4CC4)cn3)cc(=O)[nH]2)c1. The zero-order chi connectivity index (χ0) is 25.2. The number of nitrogens with zero attached hydrogens (tertiary/aromatic N) is 3. The number of amides is 1. The Labute approximate surface area is 199 Å². The largest absolute Gasteiger partial charge is 0.417 e. The number of carbonyl (C=O) groups excluding carboxylic acids is 1. The van der Waals surface area contributed by atoms with E-state index in [9.17, 15) is 22.8 Å². The Kier molecular flexibility index (Phi) is 6.69. The molecule has 0 unspecified atom stereocenters. The molecule has 180 valence electrons. The minimum absolute atomic E-state index is 0.0287. The lowest BCUT2D eigenvalue weighted by molar-refractivity contribution is -0.137. The first kappa shape index (κ1) is 24.1. The van der Waals surface area contributed by atoms with Crippen LogP contribution in [0, 0.1) is 23.7 Å². The number of hydrogen-bond acceptors (Lipinski definition) is 5. The summed E-state index contributed by atoms with van der Waals surface area (Å²) in [6, 6.07) is 4.59. The van der Waals surface area contributed by atoms with Crippen molar-refractivity contribution in [1.29, 1.82) is 0 Å². The lowest BCUT2D eigenvalue weighted by Crippen LogP contribution is -2.27. The summed E-state index contributed by atoms with van der Waals surface area (Å²) in [4.78, 5) is 39.3. The maximum atomic E-state index is 13.8. The summed E-state index contributed by atoms with van der Waals surface area (Å²) in [6.07, 6.45) is 0.273. The van der Waals surface area contributed by atoms with Crippen molar-refractivity contribution in [1.82, 2.24) is 25.3 Å². The first-order chi connectivity index (χ1) is 16.6. The van der Waals surface area contributed by atoms with Gasteiger partial charge in [-0.2, -0.15) is 13.2 Å². The van der Waals surface area contributed by atoms with E-state index >= 15 is 0 Å². The molecule has 2 heterocycles. The summed E-state index contributed by atoms with van der Waals surface area (Å²) in [6.45, 7) is 3.45. The highest BCUT2D eigenvalue weighted by Gasteiger charge is 2.34. The third-order valence-corrected chi connectivity index (χ3v) is 5.27. The van der Waals surface area contributed by atoms with Crippen LogP contribution in [-0.4, -0.2) is 25.8 Å². The predicted octanol–water partition coefficient (Wildman–Crippen LogP) is 3.95. The molecule has 1 amide bonds. The molecule has 1 saturated carbocycles. The van der Waals surface area contributed by atoms with Crippen molar-refractivity contribution in [3.63, 3.8) is 0 Å². The quantitative estimate of drug-likeness (QED) is 0.538. The molecular formula is C25H22F3N5O2. The summed E-state index contributed by atoms with van der Waals surface area (Å²) < 4.78 is 41.3. The Bertz CT molecular complexity index is 1360. The van der Waals surface area contributed by atoms with Crippen LogP contribution in [0.25, 0.3) is 22.8 Å². The van der Waals surface area contributed by atoms with E-state index < -0.39 is 17.3 Å². The fourth-order valence-electron chi connectivity index (χ4n) is 3.18. The third kappa shape index (κ3) is 6.12. The molecule has 3 aromatic rings. The number of nitrogens with one attached hydrogen (secondary N) is 2. The van der Waals surface area contributed by atoms with Gasteiger partial charge in [0.05, 0.1) is 23.7 Å². The molecule has 10 heteroatoms. The number of rotatable bonds is 5. The van der Waals surface area contributed by atoms with Crippen LogP contribution in [0.4, 0.5) is 13.2 Å². The van der Waals surface area contributed by atoms with Gasteiger partial charge in [0.25, 0.3) is 5.56 Å². The van der Waals surface area contributed by atoms with Crippen LogP contribution in [0.2, 0.25) is 0 Å². The van der Waals surface area contributed by atoms with Crippen molar-refractivity contribution >= 4 is 5.91 Å². The van der Waals surface area contributed by atoms with E-state index in [-0.39, 0.29) is 41.1 Å². The van der Waals surface area contributed by atoms with Gasteiger partial charge in [0.2, 0.25) is 5.91 Å². The van der Waals surface area contributed by atoms with Gasteiger partial charge < -0.3 is 10.3 Å². The van der Waals surface area contributed by atoms with Crippen LogP contribution >= 0.6 is 0 Å². The zero-order valence-corrected chi connectivity index (χ0v) is 19.0. The van der Waals surface area contributed by atoms with Gasteiger partial charge in [0, 0.05) is 30.0 Å². The molecular weight excluding hydrogens is 459 g/mol. The van der Waals surface area contributed by atoms with Crippen molar-refractivity contribution in [3.05, 3.63) is 63.8 Å². The maximum absolute atomic E-state index is 13.8. The predicted molar refractivity (Wildman–Crippen MR) is 123 cm³/mol. The highest BCUT2D eigenvalue weighted by molar-refractivity contribution is 5.77. The van der Waals surface area contributed by atoms with Gasteiger partial charge in [0.15, 0.2) is 0 Å². The Morgan fingerprint density at radius 2 is 1.94 bits per heavy atom. The number of alkyl halides is 3. The fourth-order valence-corrected chi connectivity index (χ4v) is 3.18. The lowest BCUT2D eigenvalue weighted by atomic mass is 10.0. The number of halogens is 3. The van der Waals surface area contributed by atoms with E-state index in [1.807, 2.05) is 0 Å². The molecule has 7 nitrogen and oxygen atoms in total. The van der Waals surface area contributed by atoms with Crippen LogP contribution < -0.4 is 10.9 Å². The molecule has 2 aromatic heterocycles. The number of carbonyl (C=O) groups is 1. The van der Waals surface area contributed by atoms with Crippen molar-refractivity contribution in [2.45, 2.75) is 39.4 Å². The van der Waals surface area contributed by atoms with Gasteiger partial charge in [0.1, 0.15) is 17.2 Å². The number of hydrogen-bond donors (Lipinski definition) is 2. The van der Waals surface area contributed by atoms with E-state index in [4.69, 9.17) is 0 Å². The Balaban J connectivity index is 1.70. The average molecular weight is 481 g/mol.